The zero-order valence-corrected chi connectivity index (χ0v) is 16.0. The van der Waals surface area contributed by atoms with Crippen LogP contribution in [0.3, 0.4) is 0 Å². The lowest BCUT2D eigenvalue weighted by molar-refractivity contribution is 0.0650. The van der Waals surface area contributed by atoms with Gasteiger partial charge in [-0.1, -0.05) is 11.6 Å². The minimum absolute atomic E-state index is 0.0192. The number of halogens is 2. The highest BCUT2D eigenvalue weighted by Crippen LogP contribution is 2.35. The summed E-state index contributed by atoms with van der Waals surface area (Å²) < 4.78 is 29.1. The molecule has 2 aliphatic heterocycles. The Morgan fingerprint density at radius 2 is 2.11 bits per heavy atom. The van der Waals surface area contributed by atoms with Crippen molar-refractivity contribution in [3.8, 4) is 5.88 Å². The Morgan fingerprint density at radius 3 is 2.93 bits per heavy atom. The highest BCUT2D eigenvalue weighted by atomic mass is 35.5. The molecule has 28 heavy (non-hydrogen) atoms. The number of fused-ring (bicyclic) bond motifs is 2. The topological polar surface area (TPSA) is 91.9 Å². The van der Waals surface area contributed by atoms with Crippen molar-refractivity contribution in [2.24, 2.45) is 0 Å². The Morgan fingerprint density at radius 1 is 1.29 bits per heavy atom. The third kappa shape index (κ3) is 2.96. The molecule has 5 rings (SSSR count). The smallest absolute Gasteiger partial charge is 0.257 e. The first-order chi connectivity index (χ1) is 13.6. The van der Waals surface area contributed by atoms with Crippen LogP contribution in [0, 0.1) is 6.92 Å². The maximum Gasteiger partial charge on any atom is 0.257 e. The monoisotopic (exact) mass is 407 g/mol. The first-order valence-electron chi connectivity index (χ1n) is 9.20. The normalized spacial score (nSPS) is 20.5. The predicted molar refractivity (Wildman–Crippen MR) is 100 cm³/mol. The Kier molecular flexibility index (Phi) is 4.31. The molecule has 11 heteroatoms. The summed E-state index contributed by atoms with van der Waals surface area (Å²) in [6.07, 6.45) is 2.03. The molecule has 5 heterocycles. The van der Waals surface area contributed by atoms with Crippen LogP contribution in [0.25, 0.3) is 11.0 Å². The van der Waals surface area contributed by atoms with Crippen LogP contribution in [0.5, 0.6) is 5.88 Å². The first-order valence-corrected chi connectivity index (χ1v) is 9.57. The Hall–Kier alpha value is -2.46. The van der Waals surface area contributed by atoms with Gasteiger partial charge in [-0.25, -0.2) is 14.1 Å². The van der Waals surface area contributed by atoms with Crippen LogP contribution >= 0.6 is 11.6 Å². The molecule has 0 amide bonds. The largest absolute Gasteiger partial charge is 0.472 e. The van der Waals surface area contributed by atoms with E-state index in [4.69, 9.17) is 21.1 Å². The van der Waals surface area contributed by atoms with Crippen molar-refractivity contribution in [2.45, 2.75) is 38.5 Å². The second-order valence-corrected chi connectivity index (χ2v) is 7.35. The van der Waals surface area contributed by atoms with E-state index in [0.29, 0.717) is 41.8 Å². The molecule has 9 nitrogen and oxygen atoms in total. The lowest BCUT2D eigenvalue weighted by Crippen LogP contribution is -2.22. The Balaban J connectivity index is 1.60. The predicted octanol–water partition coefficient (Wildman–Crippen LogP) is 2.81. The number of hydrogen-bond acceptors (Lipinski definition) is 7. The molecule has 3 aromatic rings. The number of aromatic nitrogens is 6. The number of anilines is 2. The Labute approximate surface area is 164 Å². The lowest BCUT2D eigenvalue weighted by Gasteiger charge is -2.23. The van der Waals surface area contributed by atoms with E-state index in [9.17, 15) is 4.39 Å². The molecule has 0 unspecified atom stereocenters. The van der Waals surface area contributed by atoms with Crippen molar-refractivity contribution in [1.82, 2.24) is 29.5 Å². The summed E-state index contributed by atoms with van der Waals surface area (Å²) in [7, 11) is 0. The molecule has 0 aromatic carbocycles. The third-order valence-corrected chi connectivity index (χ3v) is 5.39. The fraction of sp³-hybridized carbons (Fsp3) is 0.529. The van der Waals surface area contributed by atoms with E-state index in [1.807, 2.05) is 11.6 Å². The summed E-state index contributed by atoms with van der Waals surface area (Å²) in [6.45, 7) is 3.17. The van der Waals surface area contributed by atoms with E-state index in [-0.39, 0.29) is 24.3 Å². The summed E-state index contributed by atoms with van der Waals surface area (Å²) in [5, 5.41) is 12.8. The van der Waals surface area contributed by atoms with Gasteiger partial charge in [0.15, 0.2) is 17.0 Å². The highest BCUT2D eigenvalue weighted by Gasteiger charge is 2.26. The molecule has 2 aliphatic rings. The van der Waals surface area contributed by atoms with Gasteiger partial charge in [0, 0.05) is 19.4 Å². The van der Waals surface area contributed by atoms with Gasteiger partial charge in [-0.2, -0.15) is 10.1 Å². The molecule has 2 bridgehead atoms. The molecular weight excluding hydrogens is 389 g/mol. The lowest BCUT2D eigenvalue weighted by atomic mass is 10.1. The maximum absolute atomic E-state index is 14.6. The minimum atomic E-state index is -1.29. The number of ether oxygens (including phenoxy) is 2. The quantitative estimate of drug-likeness (QED) is 0.663. The third-order valence-electron chi connectivity index (χ3n) is 5.11. The molecule has 0 aliphatic carbocycles. The van der Waals surface area contributed by atoms with E-state index in [1.54, 1.807) is 6.20 Å². The molecule has 0 spiro atoms. The standard InChI is InChI=1S/C17H19ClFN7O2/c1-9-13-16(24-26(9)11-2-4-27-5-3-11)28-8-10(19)7-25-15-12(14(18)23-25)6-20-17(21-13)22-15/h6,10-11H,2-5,7-8H2,1H3,(H,20,21,22)/t10-/m1/s1. The van der Waals surface area contributed by atoms with Gasteiger partial charge in [0.05, 0.1) is 23.7 Å². The minimum Gasteiger partial charge on any atom is -0.472 e. The molecule has 1 atom stereocenters. The number of alkyl halides is 1. The van der Waals surface area contributed by atoms with E-state index in [1.165, 1.54) is 4.68 Å². The molecule has 148 valence electrons. The van der Waals surface area contributed by atoms with Crippen LogP contribution in [0.1, 0.15) is 24.6 Å². The number of nitrogens with one attached hydrogen (secondary N) is 1. The van der Waals surface area contributed by atoms with Gasteiger partial charge in [-0.05, 0) is 19.8 Å². The van der Waals surface area contributed by atoms with Crippen molar-refractivity contribution >= 4 is 34.3 Å². The van der Waals surface area contributed by atoms with Crippen molar-refractivity contribution in [1.29, 1.82) is 0 Å². The van der Waals surface area contributed by atoms with Gasteiger partial charge < -0.3 is 14.8 Å². The summed E-state index contributed by atoms with van der Waals surface area (Å²) in [5.41, 5.74) is 1.99. The number of rotatable bonds is 1. The molecule has 1 saturated heterocycles. The van der Waals surface area contributed by atoms with E-state index in [2.05, 4.69) is 25.5 Å². The van der Waals surface area contributed by atoms with Crippen LogP contribution in [-0.4, -0.2) is 55.5 Å². The van der Waals surface area contributed by atoms with Crippen LogP contribution in [0.2, 0.25) is 5.15 Å². The Bertz CT molecular complexity index is 1030. The van der Waals surface area contributed by atoms with Gasteiger partial charge in [-0.3, -0.25) is 4.68 Å². The SMILES string of the molecule is Cc1c2c(nn1C1CCOCC1)OC[C@H](F)Cn1nc(Cl)c3cnc(nc31)N2. The maximum atomic E-state index is 14.6. The van der Waals surface area contributed by atoms with Crippen molar-refractivity contribution < 1.29 is 13.9 Å². The first kappa shape index (κ1) is 17.6. The van der Waals surface area contributed by atoms with E-state index >= 15 is 0 Å². The molecule has 1 fully saturated rings. The summed E-state index contributed by atoms with van der Waals surface area (Å²) >= 11 is 6.13. The number of nitrogens with zero attached hydrogens (tertiary/aromatic N) is 6. The molecule has 0 radical (unpaired) electrons. The van der Waals surface area contributed by atoms with Crippen LogP contribution in [0.15, 0.2) is 6.20 Å². The van der Waals surface area contributed by atoms with E-state index < -0.39 is 6.17 Å². The van der Waals surface area contributed by atoms with Gasteiger partial charge in [-0.15, -0.1) is 5.10 Å². The summed E-state index contributed by atoms with van der Waals surface area (Å²) in [4.78, 5) is 8.81. The molecule has 0 saturated carbocycles. The number of hydrogen-bond donors (Lipinski definition) is 1. The van der Waals surface area contributed by atoms with Crippen LogP contribution in [0.4, 0.5) is 16.0 Å². The zero-order valence-electron chi connectivity index (χ0n) is 15.2. The van der Waals surface area contributed by atoms with Gasteiger partial charge in [0.2, 0.25) is 5.95 Å². The van der Waals surface area contributed by atoms with Gasteiger partial charge in [0.25, 0.3) is 5.88 Å². The molecular formula is C17H19ClFN7O2. The van der Waals surface area contributed by atoms with Crippen molar-refractivity contribution in [3.63, 3.8) is 0 Å². The average Bonchev–Trinajstić information content (AvgIpc) is 3.17. The van der Waals surface area contributed by atoms with Crippen molar-refractivity contribution in [2.75, 3.05) is 25.1 Å². The fourth-order valence-corrected chi connectivity index (χ4v) is 3.88. The summed E-state index contributed by atoms with van der Waals surface area (Å²) in [5.74, 6) is 0.690. The molecule has 3 aromatic heterocycles. The van der Waals surface area contributed by atoms with Crippen LogP contribution in [-0.2, 0) is 11.3 Å². The average molecular weight is 408 g/mol. The van der Waals surface area contributed by atoms with Crippen LogP contribution < -0.4 is 10.1 Å². The second kappa shape index (κ2) is 6.85. The highest BCUT2D eigenvalue weighted by molar-refractivity contribution is 6.34. The van der Waals surface area contributed by atoms with Gasteiger partial charge in [0.1, 0.15) is 12.3 Å². The van der Waals surface area contributed by atoms with Gasteiger partial charge >= 0.3 is 0 Å². The van der Waals surface area contributed by atoms with E-state index in [0.717, 1.165) is 18.5 Å². The molecule has 1 N–H and O–H groups in total. The summed E-state index contributed by atoms with van der Waals surface area (Å²) in [6, 6.07) is 0.212. The van der Waals surface area contributed by atoms with Crippen molar-refractivity contribution in [3.05, 3.63) is 17.0 Å². The fourth-order valence-electron chi connectivity index (χ4n) is 3.65. The second-order valence-electron chi connectivity index (χ2n) is 6.99. The zero-order chi connectivity index (χ0) is 19.3.